The predicted molar refractivity (Wildman–Crippen MR) is 101 cm³/mol. The molecule has 2 atom stereocenters. The number of nitrogens with two attached hydrogens (primary N) is 1. The number of methoxy groups -OCH3 is 1. The van der Waals surface area contributed by atoms with Crippen molar-refractivity contribution in [2.24, 2.45) is 5.73 Å². The van der Waals surface area contributed by atoms with Crippen LogP contribution in [0.3, 0.4) is 0 Å². The van der Waals surface area contributed by atoms with Crippen molar-refractivity contribution in [3.63, 3.8) is 0 Å². The van der Waals surface area contributed by atoms with E-state index >= 15 is 0 Å². The number of hydrogen-bond donors (Lipinski definition) is 2. The Hall–Kier alpha value is -1.63. The van der Waals surface area contributed by atoms with Gasteiger partial charge in [-0.25, -0.2) is 4.98 Å². The third kappa shape index (κ3) is 5.19. The topological polar surface area (TPSA) is 77.2 Å². The highest BCUT2D eigenvalue weighted by Crippen LogP contribution is 2.32. The van der Waals surface area contributed by atoms with Crippen molar-refractivity contribution < 1.29 is 9.53 Å². The maximum absolute atomic E-state index is 11.9. The second kappa shape index (κ2) is 9.01. The van der Waals surface area contributed by atoms with E-state index in [0.29, 0.717) is 6.42 Å². The molecule has 1 aromatic carbocycles. The normalized spacial score (nSPS) is 12.9. The molecule has 0 aliphatic heterocycles. The number of halogens is 1. The summed E-state index contributed by atoms with van der Waals surface area (Å²) in [7, 11) is 1.65. The first kappa shape index (κ1) is 20.4. The van der Waals surface area contributed by atoms with Gasteiger partial charge in [0, 0.05) is 18.0 Å². The molecule has 132 valence electrons. The van der Waals surface area contributed by atoms with Crippen LogP contribution in [0.5, 0.6) is 5.75 Å². The number of rotatable bonds is 6. The maximum Gasteiger partial charge on any atom is 0.222 e. The molecule has 1 aromatic heterocycles. The zero-order valence-electron chi connectivity index (χ0n) is 14.3. The highest BCUT2D eigenvalue weighted by Gasteiger charge is 2.17. The van der Waals surface area contributed by atoms with Gasteiger partial charge in [0.2, 0.25) is 5.91 Å². The van der Waals surface area contributed by atoms with Gasteiger partial charge in [0.1, 0.15) is 10.8 Å². The fourth-order valence-electron chi connectivity index (χ4n) is 2.33. The summed E-state index contributed by atoms with van der Waals surface area (Å²) in [4.78, 5) is 17.6. The van der Waals surface area contributed by atoms with Gasteiger partial charge in [0.05, 0.1) is 23.7 Å². The molecule has 0 aliphatic carbocycles. The van der Waals surface area contributed by atoms with Crippen LogP contribution in [0.15, 0.2) is 24.3 Å². The molecule has 0 bridgehead atoms. The summed E-state index contributed by atoms with van der Waals surface area (Å²) in [6.07, 6.45) is 0.327. The molecule has 2 unspecified atom stereocenters. The van der Waals surface area contributed by atoms with Gasteiger partial charge < -0.3 is 15.8 Å². The van der Waals surface area contributed by atoms with E-state index in [-0.39, 0.29) is 30.4 Å². The predicted octanol–water partition coefficient (Wildman–Crippen LogP) is 3.46. The summed E-state index contributed by atoms with van der Waals surface area (Å²) < 4.78 is 5.17. The molecule has 2 aromatic rings. The van der Waals surface area contributed by atoms with E-state index in [0.717, 1.165) is 26.9 Å². The van der Waals surface area contributed by atoms with Gasteiger partial charge in [-0.05, 0) is 45.0 Å². The van der Waals surface area contributed by atoms with Gasteiger partial charge in [-0.2, -0.15) is 0 Å². The van der Waals surface area contributed by atoms with E-state index in [1.807, 2.05) is 45.0 Å². The van der Waals surface area contributed by atoms with Crippen molar-refractivity contribution in [3.05, 3.63) is 34.8 Å². The average Bonchev–Trinajstić information content (AvgIpc) is 2.88. The van der Waals surface area contributed by atoms with Crippen molar-refractivity contribution in [3.8, 4) is 16.3 Å². The van der Waals surface area contributed by atoms with E-state index < -0.39 is 0 Å². The van der Waals surface area contributed by atoms with Crippen LogP contribution in [0.2, 0.25) is 0 Å². The van der Waals surface area contributed by atoms with Crippen LogP contribution in [-0.2, 0) is 4.79 Å². The largest absolute Gasteiger partial charge is 0.497 e. The third-order valence-electron chi connectivity index (χ3n) is 3.45. The lowest BCUT2D eigenvalue weighted by Crippen LogP contribution is -2.31. The number of aryl methyl sites for hydroxylation is 1. The summed E-state index contributed by atoms with van der Waals surface area (Å²) in [6, 6.07) is 7.59. The molecule has 1 amide bonds. The molecule has 0 aliphatic rings. The minimum atomic E-state index is -0.139. The fraction of sp³-hybridized carbons (Fsp3) is 0.412. The molecule has 0 saturated carbocycles. The Bertz CT molecular complexity index is 671. The minimum Gasteiger partial charge on any atom is -0.497 e. The van der Waals surface area contributed by atoms with E-state index in [1.54, 1.807) is 18.4 Å². The van der Waals surface area contributed by atoms with Gasteiger partial charge in [0.25, 0.3) is 0 Å². The van der Waals surface area contributed by atoms with Crippen molar-refractivity contribution >= 4 is 29.7 Å². The number of hydrogen-bond acceptors (Lipinski definition) is 5. The number of nitrogens with zero attached hydrogens (tertiary/aromatic N) is 1. The number of amides is 1. The lowest BCUT2D eigenvalue weighted by atomic mass is 10.2. The van der Waals surface area contributed by atoms with E-state index in [9.17, 15) is 4.79 Å². The van der Waals surface area contributed by atoms with E-state index in [2.05, 4.69) is 10.3 Å². The zero-order valence-corrected chi connectivity index (χ0v) is 16.0. The van der Waals surface area contributed by atoms with Crippen LogP contribution >= 0.6 is 23.7 Å². The van der Waals surface area contributed by atoms with Crippen LogP contribution in [0.1, 0.15) is 36.9 Å². The van der Waals surface area contributed by atoms with Crippen molar-refractivity contribution in [2.75, 3.05) is 7.11 Å². The Kier molecular flexibility index (Phi) is 7.66. The summed E-state index contributed by atoms with van der Waals surface area (Å²) in [5.74, 6) is 0.782. The lowest BCUT2D eigenvalue weighted by molar-refractivity contribution is -0.121. The van der Waals surface area contributed by atoms with E-state index in [1.165, 1.54) is 0 Å². The van der Waals surface area contributed by atoms with Crippen LogP contribution in [0.25, 0.3) is 10.6 Å². The van der Waals surface area contributed by atoms with E-state index in [4.69, 9.17) is 10.5 Å². The van der Waals surface area contributed by atoms with Gasteiger partial charge >= 0.3 is 0 Å². The van der Waals surface area contributed by atoms with Gasteiger partial charge in [-0.15, -0.1) is 23.7 Å². The minimum absolute atomic E-state index is 0. The molecule has 1 heterocycles. The SMILES string of the molecule is COc1ccc(-c2nc(C)c(C(C)NC(=O)CC(C)N)s2)cc1.Cl. The highest BCUT2D eigenvalue weighted by molar-refractivity contribution is 7.15. The first-order valence-corrected chi connectivity index (χ1v) is 8.39. The molecule has 0 saturated heterocycles. The number of thiazole rings is 1. The zero-order chi connectivity index (χ0) is 17.0. The number of benzene rings is 1. The molecule has 0 fully saturated rings. The number of ether oxygens (including phenoxy) is 1. The molecular weight excluding hydrogens is 346 g/mol. The molecular formula is C17H24ClN3O2S. The molecule has 2 rings (SSSR count). The Morgan fingerprint density at radius 1 is 1.33 bits per heavy atom. The fourth-order valence-corrected chi connectivity index (χ4v) is 3.40. The second-order valence-corrected chi connectivity index (χ2v) is 6.70. The van der Waals surface area contributed by atoms with Crippen molar-refractivity contribution in [2.45, 2.75) is 39.3 Å². The van der Waals surface area contributed by atoms with Crippen LogP contribution < -0.4 is 15.8 Å². The lowest BCUT2D eigenvalue weighted by Gasteiger charge is -2.13. The standard InChI is InChI=1S/C17H23N3O2S.ClH/c1-10(18)9-15(21)19-11(2)16-12(3)20-17(23-16)13-5-7-14(22-4)8-6-13;/h5-8,10-11H,9,18H2,1-4H3,(H,19,21);1H. The number of carbonyl (C=O) groups excluding carboxylic acids is 1. The Morgan fingerprint density at radius 2 is 1.96 bits per heavy atom. The summed E-state index contributed by atoms with van der Waals surface area (Å²) in [5.41, 5.74) is 7.64. The van der Waals surface area contributed by atoms with Crippen LogP contribution in [0, 0.1) is 6.92 Å². The Balaban J connectivity index is 0.00000288. The molecule has 7 heteroatoms. The second-order valence-electron chi connectivity index (χ2n) is 5.67. The van der Waals surface area contributed by atoms with Crippen molar-refractivity contribution in [1.29, 1.82) is 0 Å². The number of carbonyl (C=O) groups is 1. The Labute approximate surface area is 153 Å². The highest BCUT2D eigenvalue weighted by atomic mass is 35.5. The first-order chi connectivity index (χ1) is 10.9. The maximum atomic E-state index is 11.9. The summed E-state index contributed by atoms with van der Waals surface area (Å²) >= 11 is 1.60. The van der Waals surface area contributed by atoms with Crippen molar-refractivity contribution in [1.82, 2.24) is 10.3 Å². The monoisotopic (exact) mass is 369 g/mol. The van der Waals surface area contributed by atoms with Gasteiger partial charge in [-0.1, -0.05) is 0 Å². The summed E-state index contributed by atoms with van der Waals surface area (Å²) in [6.45, 7) is 5.76. The van der Waals surface area contributed by atoms with Gasteiger partial charge in [-0.3, -0.25) is 4.79 Å². The third-order valence-corrected chi connectivity index (χ3v) is 4.84. The first-order valence-electron chi connectivity index (χ1n) is 7.57. The average molecular weight is 370 g/mol. The number of aromatic nitrogens is 1. The summed E-state index contributed by atoms with van der Waals surface area (Å²) in [5, 5.41) is 3.92. The Morgan fingerprint density at radius 3 is 2.50 bits per heavy atom. The quantitative estimate of drug-likeness (QED) is 0.817. The molecule has 24 heavy (non-hydrogen) atoms. The molecule has 0 spiro atoms. The smallest absolute Gasteiger partial charge is 0.222 e. The van der Waals surface area contributed by atoms with Crippen LogP contribution in [0.4, 0.5) is 0 Å². The molecule has 5 nitrogen and oxygen atoms in total. The van der Waals surface area contributed by atoms with Crippen LogP contribution in [-0.4, -0.2) is 24.0 Å². The molecule has 0 radical (unpaired) electrons. The van der Waals surface area contributed by atoms with Gasteiger partial charge in [0.15, 0.2) is 0 Å². The number of nitrogens with one attached hydrogen (secondary N) is 1. The molecule has 3 N–H and O–H groups in total.